The van der Waals surface area contributed by atoms with Crippen molar-refractivity contribution >= 4 is 21.9 Å². The fraction of sp³-hybridized carbons (Fsp3) is 0. The SMILES string of the molecule is c1ccc(-c2cc(-c3cc(-c4ccccc4)c4oc5ccccc5c4c3)cc(-c3cc(-c4ccccc4)nc(-c4ccccc4)n3)c2)cc1. The van der Waals surface area contributed by atoms with E-state index in [2.05, 4.69) is 127 Å². The van der Waals surface area contributed by atoms with Crippen molar-refractivity contribution in [3.63, 3.8) is 0 Å². The first kappa shape index (κ1) is 28.6. The number of benzene rings is 7. The number of fused-ring (bicyclic) bond motifs is 3. The Hall–Kier alpha value is -6.58. The number of aromatic nitrogens is 2. The Bertz CT molecular complexity index is 2520. The van der Waals surface area contributed by atoms with Gasteiger partial charge in [-0.15, -0.1) is 0 Å². The van der Waals surface area contributed by atoms with Gasteiger partial charge in [0.05, 0.1) is 11.4 Å². The van der Waals surface area contributed by atoms with Crippen LogP contribution in [-0.4, -0.2) is 9.97 Å². The van der Waals surface area contributed by atoms with Crippen LogP contribution in [0.15, 0.2) is 186 Å². The van der Waals surface area contributed by atoms with E-state index in [-0.39, 0.29) is 0 Å². The summed E-state index contributed by atoms with van der Waals surface area (Å²) in [5.74, 6) is 0.696. The van der Waals surface area contributed by atoms with E-state index in [1.807, 2.05) is 54.6 Å². The van der Waals surface area contributed by atoms with Crippen LogP contribution >= 0.6 is 0 Å². The molecule has 0 unspecified atom stereocenters. The average Bonchev–Trinajstić information content (AvgIpc) is 3.57. The third-order valence-electron chi connectivity index (χ3n) is 9.06. The zero-order valence-corrected chi connectivity index (χ0v) is 26.6. The molecule has 2 aromatic heterocycles. The van der Waals surface area contributed by atoms with Crippen molar-refractivity contribution in [2.24, 2.45) is 0 Å². The highest BCUT2D eigenvalue weighted by molar-refractivity contribution is 6.11. The Morgan fingerprint density at radius 2 is 0.816 bits per heavy atom. The van der Waals surface area contributed by atoms with Crippen LogP contribution in [0.25, 0.3) is 89.2 Å². The van der Waals surface area contributed by atoms with E-state index in [4.69, 9.17) is 14.4 Å². The Labute approximate surface area is 284 Å². The monoisotopic (exact) mass is 626 g/mol. The van der Waals surface area contributed by atoms with Crippen LogP contribution in [0.5, 0.6) is 0 Å². The van der Waals surface area contributed by atoms with Gasteiger partial charge in [0.25, 0.3) is 0 Å². The third-order valence-corrected chi connectivity index (χ3v) is 9.06. The molecule has 49 heavy (non-hydrogen) atoms. The van der Waals surface area contributed by atoms with Crippen LogP contribution in [0, 0.1) is 0 Å². The Balaban J connectivity index is 1.31. The highest BCUT2D eigenvalue weighted by atomic mass is 16.3. The minimum Gasteiger partial charge on any atom is -0.455 e. The average molecular weight is 627 g/mol. The summed E-state index contributed by atoms with van der Waals surface area (Å²) in [5, 5.41) is 2.20. The highest BCUT2D eigenvalue weighted by Gasteiger charge is 2.17. The molecular formula is C46H30N2O. The first-order chi connectivity index (χ1) is 24.3. The zero-order chi connectivity index (χ0) is 32.6. The smallest absolute Gasteiger partial charge is 0.160 e. The number of hydrogen-bond acceptors (Lipinski definition) is 3. The highest BCUT2D eigenvalue weighted by Crippen LogP contribution is 2.41. The van der Waals surface area contributed by atoms with Crippen LogP contribution in [0.1, 0.15) is 0 Å². The van der Waals surface area contributed by atoms with Crippen molar-refractivity contribution in [1.29, 1.82) is 0 Å². The lowest BCUT2D eigenvalue weighted by Crippen LogP contribution is -1.96. The summed E-state index contributed by atoms with van der Waals surface area (Å²) in [6.07, 6.45) is 0. The summed E-state index contributed by atoms with van der Waals surface area (Å²) in [5.41, 5.74) is 13.2. The fourth-order valence-corrected chi connectivity index (χ4v) is 6.63. The summed E-state index contributed by atoms with van der Waals surface area (Å²) < 4.78 is 6.51. The molecule has 0 amide bonds. The molecule has 0 bridgehead atoms. The van der Waals surface area contributed by atoms with Crippen molar-refractivity contribution < 1.29 is 4.42 Å². The van der Waals surface area contributed by atoms with Gasteiger partial charge in [-0.3, -0.25) is 0 Å². The second kappa shape index (κ2) is 12.2. The Morgan fingerprint density at radius 1 is 0.327 bits per heavy atom. The molecule has 0 atom stereocenters. The molecule has 0 aliphatic carbocycles. The maximum Gasteiger partial charge on any atom is 0.160 e. The maximum atomic E-state index is 6.51. The lowest BCUT2D eigenvalue weighted by molar-refractivity contribution is 0.670. The van der Waals surface area contributed by atoms with Crippen molar-refractivity contribution in [3.8, 4) is 67.3 Å². The summed E-state index contributed by atoms with van der Waals surface area (Å²) in [7, 11) is 0. The predicted octanol–water partition coefficient (Wildman–Crippen LogP) is 12.4. The molecule has 7 aromatic carbocycles. The van der Waals surface area contributed by atoms with Gasteiger partial charge in [-0.1, -0.05) is 140 Å². The van der Waals surface area contributed by atoms with E-state index in [1.54, 1.807) is 0 Å². The largest absolute Gasteiger partial charge is 0.455 e. The third kappa shape index (κ3) is 5.48. The van der Waals surface area contributed by atoms with E-state index in [0.717, 1.165) is 83.4 Å². The summed E-state index contributed by atoms with van der Waals surface area (Å²) in [6, 6.07) is 63.3. The Morgan fingerprint density at radius 3 is 1.49 bits per heavy atom. The van der Waals surface area contributed by atoms with Gasteiger partial charge >= 0.3 is 0 Å². The molecule has 0 N–H and O–H groups in total. The quantitative estimate of drug-likeness (QED) is 0.184. The first-order valence-corrected chi connectivity index (χ1v) is 16.5. The maximum absolute atomic E-state index is 6.51. The van der Waals surface area contributed by atoms with Crippen molar-refractivity contribution in [2.45, 2.75) is 0 Å². The lowest BCUT2D eigenvalue weighted by Gasteiger charge is -2.14. The molecule has 0 fully saturated rings. The lowest BCUT2D eigenvalue weighted by atomic mass is 9.91. The van der Waals surface area contributed by atoms with Crippen LogP contribution in [-0.2, 0) is 0 Å². The van der Waals surface area contributed by atoms with Crippen LogP contribution in [0.4, 0.5) is 0 Å². The molecule has 0 saturated heterocycles. The predicted molar refractivity (Wildman–Crippen MR) is 202 cm³/mol. The van der Waals surface area contributed by atoms with Crippen LogP contribution < -0.4 is 0 Å². The van der Waals surface area contributed by atoms with Gasteiger partial charge in [0.2, 0.25) is 0 Å². The normalized spacial score (nSPS) is 11.3. The summed E-state index contributed by atoms with van der Waals surface area (Å²) >= 11 is 0. The van der Waals surface area contributed by atoms with Gasteiger partial charge in [0, 0.05) is 33.0 Å². The number of rotatable bonds is 6. The molecule has 9 aromatic rings. The van der Waals surface area contributed by atoms with Crippen molar-refractivity contribution in [1.82, 2.24) is 9.97 Å². The molecule has 3 nitrogen and oxygen atoms in total. The Kier molecular flexibility index (Phi) is 7.14. The molecule has 3 heteroatoms. The molecule has 0 saturated carbocycles. The second-order valence-electron chi connectivity index (χ2n) is 12.2. The molecule has 0 aliphatic heterocycles. The molecular weight excluding hydrogens is 597 g/mol. The second-order valence-corrected chi connectivity index (χ2v) is 12.2. The van der Waals surface area contributed by atoms with Crippen molar-refractivity contribution in [3.05, 3.63) is 182 Å². The van der Waals surface area contributed by atoms with E-state index >= 15 is 0 Å². The standard InChI is InChI=1S/C46H30N2O/c1-5-15-31(16-6-1)35-25-36(37-28-40(32-17-7-2-8-18-32)45-41(29-37)39-23-13-14-24-44(39)49-45)27-38(26-35)43-30-42(33-19-9-3-10-20-33)47-46(48-43)34-21-11-4-12-22-34/h1-30H. The first-order valence-electron chi connectivity index (χ1n) is 16.5. The molecule has 2 heterocycles. The van der Waals surface area contributed by atoms with Gasteiger partial charge in [0.15, 0.2) is 5.82 Å². The van der Waals surface area contributed by atoms with E-state index in [9.17, 15) is 0 Å². The molecule has 0 aliphatic rings. The topological polar surface area (TPSA) is 38.9 Å². The molecule has 9 rings (SSSR count). The number of furan rings is 1. The van der Waals surface area contributed by atoms with Crippen molar-refractivity contribution in [2.75, 3.05) is 0 Å². The molecule has 0 radical (unpaired) electrons. The van der Waals surface area contributed by atoms with Gasteiger partial charge in [-0.2, -0.15) is 0 Å². The van der Waals surface area contributed by atoms with Crippen LogP contribution in [0.3, 0.4) is 0 Å². The zero-order valence-electron chi connectivity index (χ0n) is 26.6. The van der Waals surface area contributed by atoms with E-state index < -0.39 is 0 Å². The minimum atomic E-state index is 0.696. The van der Waals surface area contributed by atoms with E-state index in [0.29, 0.717) is 5.82 Å². The number of hydrogen-bond donors (Lipinski definition) is 0. The summed E-state index contributed by atoms with van der Waals surface area (Å²) in [6.45, 7) is 0. The molecule has 0 spiro atoms. The van der Waals surface area contributed by atoms with Gasteiger partial charge in [0.1, 0.15) is 11.2 Å². The molecule has 230 valence electrons. The van der Waals surface area contributed by atoms with E-state index in [1.165, 1.54) is 0 Å². The summed E-state index contributed by atoms with van der Waals surface area (Å²) in [4.78, 5) is 10.2. The minimum absolute atomic E-state index is 0.696. The number of nitrogens with zero attached hydrogens (tertiary/aromatic N) is 2. The van der Waals surface area contributed by atoms with Gasteiger partial charge < -0.3 is 4.42 Å². The fourth-order valence-electron chi connectivity index (χ4n) is 6.63. The van der Waals surface area contributed by atoms with Gasteiger partial charge in [-0.25, -0.2) is 9.97 Å². The number of para-hydroxylation sites is 1. The van der Waals surface area contributed by atoms with Gasteiger partial charge in [-0.05, 0) is 70.3 Å². The van der Waals surface area contributed by atoms with Crippen LogP contribution in [0.2, 0.25) is 0 Å².